The zero-order valence-corrected chi connectivity index (χ0v) is 11.3. The lowest BCUT2D eigenvalue weighted by Crippen LogP contribution is -2.11. The Balaban J connectivity index is 2.27. The number of carboxylic acids is 1. The zero-order chi connectivity index (χ0) is 14.7. The van der Waals surface area contributed by atoms with Crippen molar-refractivity contribution in [1.82, 2.24) is 4.98 Å². The normalized spacial score (nSPS) is 10.3. The highest BCUT2D eigenvalue weighted by Crippen LogP contribution is 2.19. The van der Waals surface area contributed by atoms with Crippen molar-refractivity contribution in [2.24, 2.45) is 0 Å². The van der Waals surface area contributed by atoms with Gasteiger partial charge in [-0.3, -0.25) is 0 Å². The summed E-state index contributed by atoms with van der Waals surface area (Å²) in [6.45, 7) is 3.84. The van der Waals surface area contributed by atoms with E-state index in [1.54, 1.807) is 32.0 Å². The van der Waals surface area contributed by atoms with Gasteiger partial charge in [0.15, 0.2) is 0 Å². The van der Waals surface area contributed by atoms with Crippen molar-refractivity contribution in [3.8, 4) is 0 Å². The largest absolute Gasteiger partial charge is 0.478 e. The Bertz CT molecular complexity index is 656. The number of pyridine rings is 1. The molecule has 0 aliphatic rings. The summed E-state index contributed by atoms with van der Waals surface area (Å²) in [4.78, 5) is 15.5. The van der Waals surface area contributed by atoms with Crippen molar-refractivity contribution in [1.29, 1.82) is 0 Å². The summed E-state index contributed by atoms with van der Waals surface area (Å²) in [6.07, 6.45) is 0. The molecule has 0 aliphatic carbocycles. The molecule has 0 fully saturated rings. The van der Waals surface area contributed by atoms with Crippen LogP contribution in [0.1, 0.15) is 27.2 Å². The minimum Gasteiger partial charge on any atom is -0.478 e. The molecule has 0 spiro atoms. The van der Waals surface area contributed by atoms with E-state index in [0.717, 1.165) is 11.3 Å². The molecular weight excluding hydrogens is 259 g/mol. The highest BCUT2D eigenvalue weighted by molar-refractivity contribution is 5.94. The number of benzene rings is 1. The van der Waals surface area contributed by atoms with Crippen molar-refractivity contribution in [3.05, 3.63) is 58.5 Å². The maximum atomic E-state index is 13.1. The predicted molar refractivity (Wildman–Crippen MR) is 74.4 cm³/mol. The third kappa shape index (κ3) is 3.12. The Labute approximate surface area is 116 Å². The van der Waals surface area contributed by atoms with E-state index in [0.29, 0.717) is 17.9 Å². The number of rotatable bonds is 4. The number of hydrogen-bond acceptors (Lipinski definition) is 3. The number of aryl methyl sites for hydroxylation is 2. The van der Waals surface area contributed by atoms with Crippen molar-refractivity contribution < 1.29 is 14.3 Å². The summed E-state index contributed by atoms with van der Waals surface area (Å²) in [5, 5.41) is 12.2. The second-order valence-electron chi connectivity index (χ2n) is 4.59. The molecule has 0 aliphatic heterocycles. The van der Waals surface area contributed by atoms with Crippen LogP contribution in [-0.4, -0.2) is 16.1 Å². The fourth-order valence-corrected chi connectivity index (χ4v) is 2.07. The second-order valence-corrected chi connectivity index (χ2v) is 4.59. The monoisotopic (exact) mass is 274 g/mol. The SMILES string of the molecule is Cc1cc(C)c(C(=O)O)c(NCc2cccc(F)c2)n1. The molecule has 20 heavy (non-hydrogen) atoms. The smallest absolute Gasteiger partial charge is 0.339 e. The lowest BCUT2D eigenvalue weighted by Gasteiger charge is -2.12. The number of nitrogens with zero attached hydrogens (tertiary/aromatic N) is 1. The average molecular weight is 274 g/mol. The van der Waals surface area contributed by atoms with Gasteiger partial charge in [0.05, 0.1) is 0 Å². The molecule has 5 heteroatoms. The maximum Gasteiger partial charge on any atom is 0.339 e. The van der Waals surface area contributed by atoms with Gasteiger partial charge in [0, 0.05) is 12.2 Å². The first kappa shape index (κ1) is 14.0. The molecule has 1 heterocycles. The van der Waals surface area contributed by atoms with Crippen LogP contribution >= 0.6 is 0 Å². The first-order valence-corrected chi connectivity index (χ1v) is 6.17. The summed E-state index contributed by atoms with van der Waals surface area (Å²) in [5.41, 5.74) is 2.25. The number of anilines is 1. The number of carboxylic acid groups (broad SMARTS) is 1. The molecule has 4 nitrogen and oxygen atoms in total. The van der Waals surface area contributed by atoms with Crippen LogP contribution in [0.4, 0.5) is 10.2 Å². The molecule has 0 saturated heterocycles. The fraction of sp³-hybridized carbons (Fsp3) is 0.200. The molecule has 0 bridgehead atoms. The maximum absolute atomic E-state index is 13.1. The summed E-state index contributed by atoms with van der Waals surface area (Å²) in [6, 6.07) is 7.85. The lowest BCUT2D eigenvalue weighted by atomic mass is 10.1. The third-order valence-corrected chi connectivity index (χ3v) is 2.91. The minimum absolute atomic E-state index is 0.145. The van der Waals surface area contributed by atoms with Gasteiger partial charge in [0.25, 0.3) is 0 Å². The Hall–Kier alpha value is -2.43. The van der Waals surface area contributed by atoms with E-state index in [1.807, 2.05) is 0 Å². The number of carbonyl (C=O) groups is 1. The van der Waals surface area contributed by atoms with Gasteiger partial charge in [-0.2, -0.15) is 0 Å². The van der Waals surface area contributed by atoms with Crippen LogP contribution in [0.3, 0.4) is 0 Å². The van der Waals surface area contributed by atoms with Crippen LogP contribution in [-0.2, 0) is 6.54 Å². The summed E-state index contributed by atoms with van der Waals surface area (Å²) < 4.78 is 13.1. The number of aromatic nitrogens is 1. The molecule has 1 aromatic heterocycles. The van der Waals surface area contributed by atoms with Crippen LogP contribution in [0.5, 0.6) is 0 Å². The molecular formula is C15H15FN2O2. The van der Waals surface area contributed by atoms with Crippen molar-refractivity contribution in [2.45, 2.75) is 20.4 Å². The van der Waals surface area contributed by atoms with Gasteiger partial charge in [-0.1, -0.05) is 12.1 Å². The molecule has 2 rings (SSSR count). The number of halogens is 1. The quantitative estimate of drug-likeness (QED) is 0.899. The Kier molecular flexibility index (Phi) is 3.98. The second kappa shape index (κ2) is 5.69. The van der Waals surface area contributed by atoms with E-state index in [4.69, 9.17) is 0 Å². The van der Waals surface area contributed by atoms with Crippen LogP contribution < -0.4 is 5.32 Å². The fourth-order valence-electron chi connectivity index (χ4n) is 2.07. The Morgan fingerprint density at radius 1 is 1.35 bits per heavy atom. The first-order valence-electron chi connectivity index (χ1n) is 6.17. The molecule has 1 aromatic carbocycles. The number of nitrogens with one attached hydrogen (secondary N) is 1. The van der Waals surface area contributed by atoms with E-state index in [-0.39, 0.29) is 11.4 Å². The van der Waals surface area contributed by atoms with E-state index in [2.05, 4.69) is 10.3 Å². The highest BCUT2D eigenvalue weighted by Gasteiger charge is 2.15. The summed E-state index contributed by atoms with van der Waals surface area (Å²) >= 11 is 0. The van der Waals surface area contributed by atoms with Crippen LogP contribution in [0.2, 0.25) is 0 Å². The third-order valence-electron chi connectivity index (χ3n) is 2.91. The lowest BCUT2D eigenvalue weighted by molar-refractivity contribution is 0.0697. The van der Waals surface area contributed by atoms with Crippen molar-refractivity contribution in [2.75, 3.05) is 5.32 Å². The first-order chi connectivity index (χ1) is 9.47. The van der Waals surface area contributed by atoms with Crippen LogP contribution in [0.15, 0.2) is 30.3 Å². The van der Waals surface area contributed by atoms with Crippen molar-refractivity contribution >= 4 is 11.8 Å². The molecule has 2 aromatic rings. The Morgan fingerprint density at radius 3 is 2.75 bits per heavy atom. The van der Waals surface area contributed by atoms with E-state index < -0.39 is 5.97 Å². The van der Waals surface area contributed by atoms with Gasteiger partial charge >= 0.3 is 5.97 Å². The topological polar surface area (TPSA) is 62.2 Å². The van der Waals surface area contributed by atoms with E-state index in [1.165, 1.54) is 12.1 Å². The van der Waals surface area contributed by atoms with E-state index >= 15 is 0 Å². The molecule has 0 amide bonds. The van der Waals surface area contributed by atoms with Gasteiger partial charge in [0.1, 0.15) is 17.2 Å². The van der Waals surface area contributed by atoms with Crippen LogP contribution in [0.25, 0.3) is 0 Å². The standard InChI is InChI=1S/C15H15FN2O2/c1-9-6-10(2)18-14(13(9)15(19)20)17-8-11-4-3-5-12(16)7-11/h3-7H,8H2,1-2H3,(H,17,18)(H,19,20). The zero-order valence-electron chi connectivity index (χ0n) is 11.3. The number of aromatic carboxylic acids is 1. The van der Waals surface area contributed by atoms with Crippen LogP contribution in [0, 0.1) is 19.7 Å². The van der Waals surface area contributed by atoms with Gasteiger partial charge in [0.2, 0.25) is 0 Å². The summed E-state index contributed by atoms with van der Waals surface area (Å²) in [5.74, 6) is -1.05. The molecule has 0 atom stereocenters. The average Bonchev–Trinajstić information content (AvgIpc) is 2.35. The summed E-state index contributed by atoms with van der Waals surface area (Å²) in [7, 11) is 0. The molecule has 104 valence electrons. The van der Waals surface area contributed by atoms with Gasteiger partial charge in [-0.15, -0.1) is 0 Å². The molecule has 2 N–H and O–H groups in total. The van der Waals surface area contributed by atoms with Gasteiger partial charge in [-0.25, -0.2) is 14.2 Å². The Morgan fingerprint density at radius 2 is 2.10 bits per heavy atom. The highest BCUT2D eigenvalue weighted by atomic mass is 19.1. The van der Waals surface area contributed by atoms with Gasteiger partial charge in [-0.05, 0) is 43.2 Å². The number of hydrogen-bond donors (Lipinski definition) is 2. The van der Waals surface area contributed by atoms with E-state index in [9.17, 15) is 14.3 Å². The molecule has 0 unspecified atom stereocenters. The van der Waals surface area contributed by atoms with Crippen molar-refractivity contribution in [3.63, 3.8) is 0 Å². The van der Waals surface area contributed by atoms with Gasteiger partial charge < -0.3 is 10.4 Å². The predicted octanol–water partition coefficient (Wildman–Crippen LogP) is 3.15. The molecule has 0 radical (unpaired) electrons. The molecule has 0 saturated carbocycles. The minimum atomic E-state index is -1.03.